The first-order chi connectivity index (χ1) is 13.3. The molecule has 0 saturated carbocycles. The van der Waals surface area contributed by atoms with Gasteiger partial charge in [0, 0.05) is 34.3 Å². The highest BCUT2D eigenvalue weighted by Gasteiger charge is 2.50. The normalized spacial score (nSPS) is 18.2. The van der Waals surface area contributed by atoms with Gasteiger partial charge in [0.15, 0.2) is 11.4 Å². The van der Waals surface area contributed by atoms with Crippen molar-refractivity contribution < 1.29 is 19.6 Å². The van der Waals surface area contributed by atoms with Gasteiger partial charge in [0.25, 0.3) is 11.6 Å². The Kier molecular flexibility index (Phi) is 5.62. The van der Waals surface area contributed by atoms with Gasteiger partial charge in [-0.05, 0) is 36.8 Å². The molecule has 0 saturated heterocycles. The van der Waals surface area contributed by atoms with Crippen LogP contribution < -0.4 is 4.90 Å². The molecule has 1 amide bonds. The molecular formula is C20H19BrN2O5. The van der Waals surface area contributed by atoms with Gasteiger partial charge in [-0.1, -0.05) is 29.3 Å². The molecule has 1 aliphatic heterocycles. The van der Waals surface area contributed by atoms with Crippen LogP contribution in [0.25, 0.3) is 0 Å². The number of hydrogen-bond acceptors (Lipinski definition) is 5. The number of halogens is 1. The van der Waals surface area contributed by atoms with E-state index >= 15 is 0 Å². The van der Waals surface area contributed by atoms with Gasteiger partial charge in [0.1, 0.15) is 0 Å². The van der Waals surface area contributed by atoms with Gasteiger partial charge in [0.2, 0.25) is 0 Å². The fourth-order valence-corrected chi connectivity index (χ4v) is 3.70. The van der Waals surface area contributed by atoms with E-state index in [4.69, 9.17) is 0 Å². The molecule has 1 N–H and O–H groups in total. The second-order valence-electron chi connectivity index (χ2n) is 6.74. The standard InChI is InChI=1S/C20H19BrN2O5/c1-2-3-10-22-17-9-6-14(21)11-16(17)20(26,19(22)25)12-18(24)13-4-7-15(8-5-13)23(27)28/h4-9,11,26H,2-3,10,12H2,1H3/t20-/m1/s1. The van der Waals surface area contributed by atoms with E-state index in [9.17, 15) is 24.8 Å². The largest absolute Gasteiger partial charge is 0.375 e. The molecule has 7 nitrogen and oxygen atoms in total. The Hall–Kier alpha value is -2.58. The van der Waals surface area contributed by atoms with Gasteiger partial charge >= 0.3 is 0 Å². The van der Waals surface area contributed by atoms with Crippen molar-refractivity contribution in [3.05, 3.63) is 68.2 Å². The smallest absolute Gasteiger partial charge is 0.269 e. The number of nitro groups is 1. The van der Waals surface area contributed by atoms with E-state index in [1.54, 1.807) is 18.2 Å². The molecule has 3 rings (SSSR count). The predicted molar refractivity (Wildman–Crippen MR) is 107 cm³/mol. The van der Waals surface area contributed by atoms with Crippen LogP contribution in [0.1, 0.15) is 42.1 Å². The quantitative estimate of drug-likeness (QED) is 0.393. The van der Waals surface area contributed by atoms with E-state index < -0.39 is 28.6 Å². The Labute approximate surface area is 170 Å². The summed E-state index contributed by atoms with van der Waals surface area (Å²) in [6.45, 7) is 2.46. The molecule has 0 radical (unpaired) electrons. The zero-order valence-electron chi connectivity index (χ0n) is 15.2. The molecule has 1 atom stereocenters. The number of anilines is 1. The Morgan fingerprint density at radius 3 is 2.54 bits per heavy atom. The van der Waals surface area contributed by atoms with Gasteiger partial charge in [-0.25, -0.2) is 0 Å². The van der Waals surface area contributed by atoms with Gasteiger partial charge in [0.05, 0.1) is 17.0 Å². The van der Waals surface area contributed by atoms with Gasteiger partial charge in [-0.2, -0.15) is 0 Å². The minimum Gasteiger partial charge on any atom is -0.375 e. The van der Waals surface area contributed by atoms with Gasteiger partial charge in [-0.3, -0.25) is 19.7 Å². The third kappa shape index (κ3) is 3.57. The maximum Gasteiger partial charge on any atom is 0.269 e. The fraction of sp³-hybridized carbons (Fsp3) is 0.300. The van der Waals surface area contributed by atoms with Crippen LogP contribution in [0.5, 0.6) is 0 Å². The topological polar surface area (TPSA) is 101 Å². The number of unbranched alkanes of at least 4 members (excludes halogenated alkanes) is 1. The highest BCUT2D eigenvalue weighted by Crippen LogP contribution is 2.44. The number of ketones is 1. The number of nitro benzene ring substituents is 1. The van der Waals surface area contributed by atoms with Gasteiger partial charge in [-0.15, -0.1) is 0 Å². The zero-order valence-corrected chi connectivity index (χ0v) is 16.8. The van der Waals surface area contributed by atoms with Crippen LogP contribution >= 0.6 is 15.9 Å². The van der Waals surface area contributed by atoms with E-state index in [-0.39, 0.29) is 11.3 Å². The first kappa shape index (κ1) is 20.2. The van der Waals surface area contributed by atoms with E-state index in [1.165, 1.54) is 29.2 Å². The molecule has 0 fully saturated rings. The van der Waals surface area contributed by atoms with Crippen LogP contribution in [0.15, 0.2) is 46.9 Å². The SMILES string of the molecule is CCCCN1C(=O)[C@@](O)(CC(=O)c2ccc([N+](=O)[O-])cc2)c2cc(Br)ccc21. The molecular weight excluding hydrogens is 428 g/mol. The number of benzene rings is 2. The van der Waals surface area contributed by atoms with Crippen molar-refractivity contribution in [2.45, 2.75) is 31.8 Å². The average Bonchev–Trinajstić information content (AvgIpc) is 2.87. The van der Waals surface area contributed by atoms with Crippen molar-refractivity contribution in [3.8, 4) is 0 Å². The number of Topliss-reactive ketones (excluding diaryl/α,β-unsaturated/α-hetero) is 1. The third-order valence-electron chi connectivity index (χ3n) is 4.85. The summed E-state index contributed by atoms with van der Waals surface area (Å²) in [5.74, 6) is -0.988. The summed E-state index contributed by atoms with van der Waals surface area (Å²) >= 11 is 3.35. The van der Waals surface area contributed by atoms with E-state index in [0.717, 1.165) is 12.8 Å². The van der Waals surface area contributed by atoms with Crippen LogP contribution in [0, 0.1) is 10.1 Å². The number of fused-ring (bicyclic) bond motifs is 1. The molecule has 8 heteroatoms. The Balaban J connectivity index is 1.93. The number of non-ortho nitro benzene ring substituents is 1. The predicted octanol–water partition coefficient (Wildman–Crippen LogP) is 3.96. The van der Waals surface area contributed by atoms with Gasteiger partial charge < -0.3 is 10.0 Å². The molecule has 146 valence electrons. The van der Waals surface area contributed by atoms with E-state index in [2.05, 4.69) is 15.9 Å². The molecule has 0 bridgehead atoms. The van der Waals surface area contributed by atoms with Crippen molar-refractivity contribution in [1.29, 1.82) is 0 Å². The second kappa shape index (κ2) is 7.81. The minimum absolute atomic E-state index is 0.132. The molecule has 0 spiro atoms. The van der Waals surface area contributed by atoms with Crippen molar-refractivity contribution in [3.63, 3.8) is 0 Å². The second-order valence-corrected chi connectivity index (χ2v) is 7.65. The molecule has 2 aromatic rings. The maximum absolute atomic E-state index is 13.0. The van der Waals surface area contributed by atoms with E-state index in [0.29, 0.717) is 22.3 Å². The highest BCUT2D eigenvalue weighted by molar-refractivity contribution is 9.10. The van der Waals surface area contributed by atoms with Crippen LogP contribution in [-0.4, -0.2) is 28.3 Å². The number of carbonyl (C=O) groups excluding carboxylic acids is 2. The average molecular weight is 447 g/mol. The van der Waals surface area contributed by atoms with E-state index in [1.807, 2.05) is 6.92 Å². The number of carbonyl (C=O) groups is 2. The summed E-state index contributed by atoms with van der Waals surface area (Å²) < 4.78 is 0.692. The Morgan fingerprint density at radius 1 is 1.25 bits per heavy atom. The number of aliphatic hydroxyl groups is 1. The number of nitrogens with zero attached hydrogens (tertiary/aromatic N) is 2. The summed E-state index contributed by atoms with van der Waals surface area (Å²) in [5, 5.41) is 22.0. The van der Waals surface area contributed by atoms with Crippen molar-refractivity contribution in [2.75, 3.05) is 11.4 Å². The van der Waals surface area contributed by atoms with Crippen LogP contribution in [0.4, 0.5) is 11.4 Å². The fourth-order valence-electron chi connectivity index (χ4n) is 3.34. The van der Waals surface area contributed by atoms with Crippen molar-refractivity contribution >= 4 is 39.0 Å². The first-order valence-electron chi connectivity index (χ1n) is 8.90. The van der Waals surface area contributed by atoms with Crippen molar-refractivity contribution in [2.24, 2.45) is 0 Å². The summed E-state index contributed by atoms with van der Waals surface area (Å²) in [5.41, 5.74) is -0.910. The van der Waals surface area contributed by atoms with Crippen LogP contribution in [-0.2, 0) is 10.4 Å². The molecule has 1 heterocycles. The third-order valence-corrected chi connectivity index (χ3v) is 5.34. The van der Waals surface area contributed by atoms with Crippen LogP contribution in [0.2, 0.25) is 0 Å². The molecule has 28 heavy (non-hydrogen) atoms. The Morgan fingerprint density at radius 2 is 1.93 bits per heavy atom. The lowest BCUT2D eigenvalue weighted by Gasteiger charge is -2.22. The summed E-state index contributed by atoms with van der Waals surface area (Å²) in [4.78, 5) is 37.5. The summed E-state index contributed by atoms with van der Waals surface area (Å²) in [7, 11) is 0. The number of rotatable bonds is 7. The molecule has 0 aliphatic carbocycles. The van der Waals surface area contributed by atoms with Crippen LogP contribution in [0.3, 0.4) is 0 Å². The molecule has 0 aromatic heterocycles. The minimum atomic E-state index is -1.97. The first-order valence-corrected chi connectivity index (χ1v) is 9.69. The lowest BCUT2D eigenvalue weighted by Crippen LogP contribution is -2.42. The zero-order chi connectivity index (χ0) is 20.5. The summed E-state index contributed by atoms with van der Waals surface area (Å²) in [6, 6.07) is 10.3. The molecule has 1 aliphatic rings. The monoisotopic (exact) mass is 446 g/mol. The lowest BCUT2D eigenvalue weighted by molar-refractivity contribution is -0.384. The molecule has 0 unspecified atom stereocenters. The summed E-state index contributed by atoms with van der Waals surface area (Å²) in [6.07, 6.45) is 1.22. The molecule has 2 aromatic carbocycles. The number of hydrogen-bond donors (Lipinski definition) is 1. The van der Waals surface area contributed by atoms with Crippen molar-refractivity contribution in [1.82, 2.24) is 0 Å². The maximum atomic E-state index is 13.0. The number of amides is 1. The lowest BCUT2D eigenvalue weighted by atomic mass is 9.88. The highest BCUT2D eigenvalue weighted by atomic mass is 79.9. The Bertz CT molecular complexity index is 944.